The van der Waals surface area contributed by atoms with Gasteiger partial charge >= 0.3 is 0 Å². The van der Waals surface area contributed by atoms with Crippen molar-refractivity contribution in [2.24, 2.45) is 0 Å². The van der Waals surface area contributed by atoms with E-state index in [1.165, 1.54) is 6.42 Å². The molecular weight excluding hydrogens is 308 g/mol. The third kappa shape index (κ3) is 2.91. The zero-order valence-electron chi connectivity index (χ0n) is 14.5. The molecular formula is C22H22N2O. The van der Waals surface area contributed by atoms with Gasteiger partial charge in [0.25, 0.3) is 5.91 Å². The van der Waals surface area contributed by atoms with Crippen molar-refractivity contribution in [1.29, 1.82) is 0 Å². The van der Waals surface area contributed by atoms with Gasteiger partial charge in [0.1, 0.15) is 0 Å². The monoisotopic (exact) mass is 330 g/mol. The molecule has 0 unspecified atom stereocenters. The molecule has 0 atom stereocenters. The Morgan fingerprint density at radius 1 is 0.920 bits per heavy atom. The fourth-order valence-corrected chi connectivity index (χ4v) is 3.72. The summed E-state index contributed by atoms with van der Waals surface area (Å²) >= 11 is 0. The van der Waals surface area contributed by atoms with E-state index in [-0.39, 0.29) is 5.91 Å². The molecule has 0 bridgehead atoms. The van der Waals surface area contributed by atoms with E-state index >= 15 is 0 Å². The summed E-state index contributed by atoms with van der Waals surface area (Å²) in [7, 11) is 0. The third-order valence-corrected chi connectivity index (χ3v) is 5.04. The number of aromatic nitrogens is 1. The van der Waals surface area contributed by atoms with Crippen molar-refractivity contribution in [3.8, 4) is 11.3 Å². The van der Waals surface area contributed by atoms with Gasteiger partial charge in [-0.2, -0.15) is 0 Å². The number of rotatable bonds is 2. The number of fused-ring (bicyclic) bond motifs is 1. The number of amides is 1. The predicted molar refractivity (Wildman–Crippen MR) is 102 cm³/mol. The molecule has 0 N–H and O–H groups in total. The van der Waals surface area contributed by atoms with Crippen LogP contribution in [0.3, 0.4) is 0 Å². The maximum Gasteiger partial charge on any atom is 0.254 e. The van der Waals surface area contributed by atoms with Crippen molar-refractivity contribution < 1.29 is 4.79 Å². The van der Waals surface area contributed by atoms with Crippen LogP contribution in [0.1, 0.15) is 35.2 Å². The molecule has 0 radical (unpaired) electrons. The highest BCUT2D eigenvalue weighted by molar-refractivity contribution is 6.08. The van der Waals surface area contributed by atoms with Crippen LogP contribution in [-0.4, -0.2) is 28.9 Å². The molecule has 3 aromatic rings. The molecule has 25 heavy (non-hydrogen) atoms. The minimum absolute atomic E-state index is 0.146. The second-order valence-electron chi connectivity index (χ2n) is 6.70. The normalized spacial score (nSPS) is 14.7. The molecule has 2 aromatic carbocycles. The Kier molecular flexibility index (Phi) is 4.22. The molecule has 4 rings (SSSR count). The minimum Gasteiger partial charge on any atom is -0.339 e. The summed E-state index contributed by atoms with van der Waals surface area (Å²) in [5.74, 6) is 0.146. The average Bonchev–Trinajstić information content (AvgIpc) is 2.68. The molecule has 0 aliphatic carbocycles. The number of carbonyl (C=O) groups is 1. The smallest absolute Gasteiger partial charge is 0.254 e. The van der Waals surface area contributed by atoms with Crippen LogP contribution in [0.5, 0.6) is 0 Å². The lowest BCUT2D eigenvalue weighted by molar-refractivity contribution is 0.0725. The molecule has 126 valence electrons. The van der Waals surface area contributed by atoms with Crippen LogP contribution in [-0.2, 0) is 0 Å². The number of benzene rings is 2. The van der Waals surface area contributed by atoms with E-state index in [9.17, 15) is 4.79 Å². The number of likely N-dealkylation sites (tertiary alicyclic amines) is 1. The fourth-order valence-electron chi connectivity index (χ4n) is 3.72. The second kappa shape index (κ2) is 6.67. The number of carbonyl (C=O) groups excluding carboxylic acids is 1. The largest absolute Gasteiger partial charge is 0.339 e. The summed E-state index contributed by atoms with van der Waals surface area (Å²) in [6, 6.07) is 18.1. The molecule has 3 heteroatoms. The summed E-state index contributed by atoms with van der Waals surface area (Å²) in [5.41, 5.74) is 4.62. The number of pyridine rings is 1. The van der Waals surface area contributed by atoms with Crippen LogP contribution < -0.4 is 0 Å². The number of hydrogen-bond acceptors (Lipinski definition) is 2. The van der Waals surface area contributed by atoms with E-state index in [2.05, 4.69) is 12.1 Å². The molecule has 1 fully saturated rings. The molecule has 1 aromatic heterocycles. The van der Waals surface area contributed by atoms with Gasteiger partial charge in [-0.15, -0.1) is 0 Å². The van der Waals surface area contributed by atoms with Gasteiger partial charge < -0.3 is 4.90 Å². The van der Waals surface area contributed by atoms with Crippen LogP contribution in [0.15, 0.2) is 54.6 Å². The number of piperidine rings is 1. The highest BCUT2D eigenvalue weighted by Crippen LogP contribution is 2.31. The SMILES string of the molecule is Cc1c(-c2ccccc2)nc2ccccc2c1C(=O)N1CCCCC1. The van der Waals surface area contributed by atoms with Crippen LogP contribution in [0.25, 0.3) is 22.2 Å². The lowest BCUT2D eigenvalue weighted by atomic mass is 9.96. The summed E-state index contributed by atoms with van der Waals surface area (Å²) in [6.07, 6.45) is 3.41. The predicted octanol–water partition coefficient (Wildman–Crippen LogP) is 4.84. The van der Waals surface area contributed by atoms with Gasteiger partial charge in [-0.05, 0) is 37.8 Å². The molecule has 2 heterocycles. The standard InChI is InChI=1S/C22H22N2O/c1-16-20(22(25)24-14-8-3-9-15-24)18-12-6-7-13-19(18)23-21(16)17-10-4-2-5-11-17/h2,4-7,10-13H,3,8-9,14-15H2,1H3. The van der Waals surface area contributed by atoms with E-state index in [1.54, 1.807) is 0 Å². The van der Waals surface area contributed by atoms with Gasteiger partial charge in [0.15, 0.2) is 0 Å². The van der Waals surface area contributed by atoms with Gasteiger partial charge in [-0.1, -0.05) is 48.5 Å². The minimum atomic E-state index is 0.146. The Labute approximate surface area is 148 Å². The van der Waals surface area contributed by atoms with E-state index in [0.29, 0.717) is 0 Å². The van der Waals surface area contributed by atoms with E-state index < -0.39 is 0 Å². The number of hydrogen-bond donors (Lipinski definition) is 0. The van der Waals surface area contributed by atoms with E-state index in [0.717, 1.165) is 59.2 Å². The lowest BCUT2D eigenvalue weighted by Gasteiger charge is -2.28. The van der Waals surface area contributed by atoms with Crippen LogP contribution in [0.4, 0.5) is 0 Å². The molecule has 1 amide bonds. The quantitative estimate of drug-likeness (QED) is 0.674. The zero-order chi connectivity index (χ0) is 17.2. The highest BCUT2D eigenvalue weighted by atomic mass is 16.2. The number of nitrogens with zero attached hydrogens (tertiary/aromatic N) is 2. The third-order valence-electron chi connectivity index (χ3n) is 5.04. The summed E-state index contributed by atoms with van der Waals surface area (Å²) in [4.78, 5) is 20.2. The van der Waals surface area contributed by atoms with Gasteiger partial charge in [0.2, 0.25) is 0 Å². The number of para-hydroxylation sites is 1. The first-order valence-corrected chi connectivity index (χ1v) is 9.00. The summed E-state index contributed by atoms with van der Waals surface area (Å²) in [5, 5.41) is 0.954. The zero-order valence-corrected chi connectivity index (χ0v) is 14.5. The summed E-state index contributed by atoms with van der Waals surface area (Å²) in [6.45, 7) is 3.74. The van der Waals surface area contributed by atoms with Crippen molar-refractivity contribution in [2.45, 2.75) is 26.2 Å². The molecule has 0 spiro atoms. The highest BCUT2D eigenvalue weighted by Gasteiger charge is 2.24. The summed E-state index contributed by atoms with van der Waals surface area (Å²) < 4.78 is 0. The maximum atomic E-state index is 13.3. The van der Waals surface area contributed by atoms with Crippen molar-refractivity contribution in [3.63, 3.8) is 0 Å². The van der Waals surface area contributed by atoms with Crippen molar-refractivity contribution in [2.75, 3.05) is 13.1 Å². The van der Waals surface area contributed by atoms with Gasteiger partial charge in [0, 0.05) is 24.0 Å². The first-order chi connectivity index (χ1) is 12.3. The lowest BCUT2D eigenvalue weighted by Crippen LogP contribution is -2.36. The van der Waals surface area contributed by atoms with Gasteiger partial charge in [0.05, 0.1) is 16.8 Å². The Hall–Kier alpha value is -2.68. The van der Waals surface area contributed by atoms with Gasteiger partial charge in [-0.25, -0.2) is 4.98 Å². The molecule has 0 saturated carbocycles. The van der Waals surface area contributed by atoms with Gasteiger partial charge in [-0.3, -0.25) is 4.79 Å². The molecule has 1 aliphatic heterocycles. The Morgan fingerprint density at radius 2 is 1.60 bits per heavy atom. The Morgan fingerprint density at radius 3 is 2.36 bits per heavy atom. The van der Waals surface area contributed by atoms with Crippen LogP contribution >= 0.6 is 0 Å². The Bertz CT molecular complexity index is 912. The first-order valence-electron chi connectivity index (χ1n) is 9.00. The Balaban J connectivity index is 1.92. The average molecular weight is 330 g/mol. The van der Waals surface area contributed by atoms with Crippen LogP contribution in [0.2, 0.25) is 0 Å². The van der Waals surface area contributed by atoms with Crippen molar-refractivity contribution in [1.82, 2.24) is 9.88 Å². The van der Waals surface area contributed by atoms with Crippen LogP contribution in [0, 0.1) is 6.92 Å². The molecule has 3 nitrogen and oxygen atoms in total. The van der Waals surface area contributed by atoms with E-state index in [1.807, 2.05) is 54.3 Å². The second-order valence-corrected chi connectivity index (χ2v) is 6.70. The van der Waals surface area contributed by atoms with E-state index in [4.69, 9.17) is 4.98 Å². The molecule has 1 saturated heterocycles. The maximum absolute atomic E-state index is 13.3. The molecule has 1 aliphatic rings. The first kappa shape index (κ1) is 15.8. The topological polar surface area (TPSA) is 33.2 Å². The van der Waals surface area contributed by atoms with Crippen molar-refractivity contribution in [3.05, 3.63) is 65.7 Å². The fraction of sp³-hybridized carbons (Fsp3) is 0.273. The van der Waals surface area contributed by atoms with Crippen molar-refractivity contribution >= 4 is 16.8 Å².